The molecule has 0 aliphatic heterocycles. The Morgan fingerprint density at radius 3 is 2.10 bits per heavy atom. The van der Waals surface area contributed by atoms with E-state index in [9.17, 15) is 9.59 Å². The number of ether oxygens (including phenoxy) is 2. The molecule has 0 aromatic rings. The first kappa shape index (κ1) is 13.9. The number of carbonyl (C=O) groups excluding carboxylic acids is 2. The fraction of sp³-hybridized carbons (Fsp3) is 0.867. The van der Waals surface area contributed by atoms with Gasteiger partial charge in [-0.05, 0) is 56.3 Å². The Morgan fingerprint density at radius 2 is 1.60 bits per heavy atom. The smallest absolute Gasteiger partial charge is 0.332 e. The minimum Gasteiger partial charge on any atom is -0.454 e. The van der Waals surface area contributed by atoms with Crippen LogP contribution in [-0.4, -0.2) is 37.7 Å². The van der Waals surface area contributed by atoms with Crippen LogP contribution in [0.15, 0.2) is 0 Å². The number of hydrogen-bond acceptors (Lipinski definition) is 4. The van der Waals surface area contributed by atoms with Gasteiger partial charge in [0.25, 0.3) is 5.91 Å². The lowest BCUT2D eigenvalue weighted by Gasteiger charge is -2.56. The average molecular weight is 281 g/mol. The fourth-order valence-corrected chi connectivity index (χ4v) is 4.90. The normalized spacial score (nSPS) is 37.8. The molecule has 5 nitrogen and oxygen atoms in total. The van der Waals surface area contributed by atoms with Crippen molar-refractivity contribution >= 4 is 11.9 Å². The summed E-state index contributed by atoms with van der Waals surface area (Å²) in [5.74, 6) is 1.71. The SMILES string of the molecule is COCC(=O)OCC(=O)NC12CC3CC(CC(C3)C1)C2. The summed E-state index contributed by atoms with van der Waals surface area (Å²) in [7, 11) is 1.43. The van der Waals surface area contributed by atoms with E-state index in [2.05, 4.69) is 10.1 Å². The Hall–Kier alpha value is -1.10. The van der Waals surface area contributed by atoms with Crippen molar-refractivity contribution in [2.75, 3.05) is 20.3 Å². The zero-order valence-corrected chi connectivity index (χ0v) is 12.0. The van der Waals surface area contributed by atoms with Crippen LogP contribution in [0.25, 0.3) is 0 Å². The van der Waals surface area contributed by atoms with Gasteiger partial charge in [0.15, 0.2) is 6.61 Å². The number of nitrogens with one attached hydrogen (secondary N) is 1. The van der Waals surface area contributed by atoms with Crippen LogP contribution in [0, 0.1) is 17.8 Å². The minimum atomic E-state index is -0.492. The maximum atomic E-state index is 12.0. The van der Waals surface area contributed by atoms with E-state index in [-0.39, 0.29) is 24.7 Å². The van der Waals surface area contributed by atoms with Gasteiger partial charge in [0.2, 0.25) is 0 Å². The van der Waals surface area contributed by atoms with E-state index in [0.29, 0.717) is 0 Å². The number of esters is 1. The minimum absolute atomic E-state index is 0.0144. The maximum absolute atomic E-state index is 12.0. The van der Waals surface area contributed by atoms with Gasteiger partial charge < -0.3 is 14.8 Å². The number of hydrogen-bond donors (Lipinski definition) is 1. The van der Waals surface area contributed by atoms with Crippen molar-refractivity contribution in [1.29, 1.82) is 0 Å². The standard InChI is InChI=1S/C15H23NO4/c1-19-9-14(18)20-8-13(17)16-15-5-10-2-11(6-15)4-12(3-10)7-15/h10-12H,2-9H2,1H3,(H,16,17). The van der Waals surface area contributed by atoms with Crippen LogP contribution in [0.2, 0.25) is 0 Å². The Labute approximate surface area is 119 Å². The second-order valence-corrected chi connectivity index (χ2v) is 6.84. The van der Waals surface area contributed by atoms with Crippen molar-refractivity contribution in [3.05, 3.63) is 0 Å². The summed E-state index contributed by atoms with van der Waals surface area (Å²) in [4.78, 5) is 23.2. The number of amides is 1. The number of carbonyl (C=O) groups is 2. The molecule has 0 heterocycles. The molecule has 0 spiro atoms. The van der Waals surface area contributed by atoms with Gasteiger partial charge in [-0.15, -0.1) is 0 Å². The highest BCUT2D eigenvalue weighted by Crippen LogP contribution is 2.55. The molecule has 0 aromatic heterocycles. The van der Waals surface area contributed by atoms with Gasteiger partial charge >= 0.3 is 5.97 Å². The Kier molecular flexibility index (Phi) is 3.71. The van der Waals surface area contributed by atoms with E-state index in [1.54, 1.807) is 0 Å². The highest BCUT2D eigenvalue weighted by atomic mass is 16.6. The predicted molar refractivity (Wildman–Crippen MR) is 71.9 cm³/mol. The summed E-state index contributed by atoms with van der Waals surface area (Å²) < 4.78 is 9.55. The van der Waals surface area contributed by atoms with Crippen LogP contribution in [0.4, 0.5) is 0 Å². The Balaban J connectivity index is 1.52. The van der Waals surface area contributed by atoms with Gasteiger partial charge in [-0.2, -0.15) is 0 Å². The molecule has 0 aromatic carbocycles. The summed E-state index contributed by atoms with van der Waals surface area (Å²) >= 11 is 0. The molecule has 0 atom stereocenters. The van der Waals surface area contributed by atoms with Crippen molar-refractivity contribution < 1.29 is 19.1 Å². The summed E-state index contributed by atoms with van der Waals surface area (Å²) in [6.07, 6.45) is 7.36. The van der Waals surface area contributed by atoms with E-state index < -0.39 is 5.97 Å². The van der Waals surface area contributed by atoms with E-state index in [4.69, 9.17) is 4.74 Å². The van der Waals surface area contributed by atoms with Crippen molar-refractivity contribution in [2.24, 2.45) is 17.8 Å². The molecule has 0 unspecified atom stereocenters. The molecule has 0 saturated heterocycles. The van der Waals surface area contributed by atoms with Crippen LogP contribution in [0.1, 0.15) is 38.5 Å². The summed E-state index contributed by atoms with van der Waals surface area (Å²) in [5.41, 5.74) is -0.0144. The monoisotopic (exact) mass is 281 g/mol. The van der Waals surface area contributed by atoms with E-state index in [1.165, 1.54) is 26.4 Å². The second-order valence-electron chi connectivity index (χ2n) is 6.84. The first-order chi connectivity index (χ1) is 9.58. The molecule has 5 heteroatoms. The third-order valence-corrected chi connectivity index (χ3v) is 5.07. The number of methoxy groups -OCH3 is 1. The molecule has 4 fully saturated rings. The van der Waals surface area contributed by atoms with Gasteiger partial charge in [0.1, 0.15) is 6.61 Å². The van der Waals surface area contributed by atoms with E-state index in [0.717, 1.165) is 37.0 Å². The highest BCUT2D eigenvalue weighted by molar-refractivity contribution is 5.81. The van der Waals surface area contributed by atoms with Crippen molar-refractivity contribution in [3.63, 3.8) is 0 Å². The molecule has 112 valence electrons. The van der Waals surface area contributed by atoms with Crippen molar-refractivity contribution in [1.82, 2.24) is 5.32 Å². The summed E-state index contributed by atoms with van der Waals surface area (Å²) in [6.45, 7) is -0.297. The molecular weight excluding hydrogens is 258 g/mol. The molecule has 1 amide bonds. The topological polar surface area (TPSA) is 64.6 Å². The average Bonchev–Trinajstić information content (AvgIpc) is 2.34. The quantitative estimate of drug-likeness (QED) is 0.771. The van der Waals surface area contributed by atoms with Gasteiger partial charge in [-0.3, -0.25) is 4.79 Å². The number of rotatable bonds is 5. The van der Waals surface area contributed by atoms with Crippen molar-refractivity contribution in [3.8, 4) is 0 Å². The zero-order valence-electron chi connectivity index (χ0n) is 12.0. The molecule has 4 saturated carbocycles. The molecule has 4 aliphatic carbocycles. The Bertz CT molecular complexity index is 371. The molecule has 0 radical (unpaired) electrons. The van der Waals surface area contributed by atoms with Gasteiger partial charge in [-0.1, -0.05) is 0 Å². The molecule has 4 aliphatic rings. The van der Waals surface area contributed by atoms with Crippen LogP contribution in [0.3, 0.4) is 0 Å². The van der Waals surface area contributed by atoms with Crippen molar-refractivity contribution in [2.45, 2.75) is 44.1 Å². The van der Waals surface area contributed by atoms with E-state index in [1.807, 2.05) is 0 Å². The maximum Gasteiger partial charge on any atom is 0.332 e. The fourth-order valence-electron chi connectivity index (χ4n) is 4.90. The van der Waals surface area contributed by atoms with E-state index >= 15 is 0 Å². The second kappa shape index (κ2) is 5.35. The lowest BCUT2D eigenvalue weighted by molar-refractivity contribution is -0.153. The predicted octanol–water partition coefficient (Wildman–Crippen LogP) is 1.26. The zero-order chi connectivity index (χ0) is 14.2. The molecule has 4 rings (SSSR count). The lowest BCUT2D eigenvalue weighted by Crippen LogP contribution is -2.60. The van der Waals surface area contributed by atoms with Crippen LogP contribution >= 0.6 is 0 Å². The molecule has 20 heavy (non-hydrogen) atoms. The largest absolute Gasteiger partial charge is 0.454 e. The summed E-state index contributed by atoms with van der Waals surface area (Å²) in [6, 6.07) is 0. The van der Waals surface area contributed by atoms with Crippen LogP contribution in [0.5, 0.6) is 0 Å². The third kappa shape index (κ3) is 2.82. The van der Waals surface area contributed by atoms with Gasteiger partial charge in [-0.25, -0.2) is 4.79 Å². The molecule has 1 N–H and O–H groups in total. The van der Waals surface area contributed by atoms with Gasteiger partial charge in [0.05, 0.1) is 0 Å². The van der Waals surface area contributed by atoms with Gasteiger partial charge in [0, 0.05) is 12.6 Å². The first-order valence-corrected chi connectivity index (χ1v) is 7.54. The summed E-state index contributed by atoms with van der Waals surface area (Å²) in [5, 5.41) is 3.17. The van der Waals surface area contributed by atoms with Crippen LogP contribution in [-0.2, 0) is 19.1 Å². The Morgan fingerprint density at radius 1 is 1.05 bits per heavy atom. The van der Waals surface area contributed by atoms with Crippen LogP contribution < -0.4 is 5.32 Å². The first-order valence-electron chi connectivity index (χ1n) is 7.54. The third-order valence-electron chi connectivity index (χ3n) is 5.07. The molecular formula is C15H23NO4. The molecule has 4 bridgehead atoms. The lowest BCUT2D eigenvalue weighted by atomic mass is 9.53. The highest BCUT2D eigenvalue weighted by Gasteiger charge is 2.51.